The highest BCUT2D eigenvalue weighted by Gasteiger charge is 2.09. The predicted octanol–water partition coefficient (Wildman–Crippen LogP) is 4.10. The van der Waals surface area contributed by atoms with E-state index < -0.39 is 5.97 Å². The van der Waals surface area contributed by atoms with E-state index in [1.165, 1.54) is 5.56 Å². The molecule has 1 N–H and O–H groups in total. The fraction of sp³-hybridized carbons (Fsp3) is 0.188. The highest BCUT2D eigenvalue weighted by Crippen LogP contribution is 2.29. The second-order valence-corrected chi connectivity index (χ2v) is 4.66. The molecule has 98 valence electrons. The molecule has 0 bridgehead atoms. The highest BCUT2D eigenvalue weighted by molar-refractivity contribution is 5.88. The second kappa shape index (κ2) is 5.14. The highest BCUT2D eigenvalue weighted by atomic mass is 16.5. The summed E-state index contributed by atoms with van der Waals surface area (Å²) in [5.41, 5.74) is 3.33. The van der Waals surface area contributed by atoms with Crippen LogP contribution in [0, 0.1) is 20.8 Å². The molecule has 0 atom stereocenters. The third kappa shape index (κ3) is 2.94. The van der Waals surface area contributed by atoms with Crippen molar-refractivity contribution in [3.63, 3.8) is 0 Å². The molecule has 0 aromatic heterocycles. The predicted molar refractivity (Wildman–Crippen MR) is 74.1 cm³/mol. The van der Waals surface area contributed by atoms with Gasteiger partial charge in [0.2, 0.25) is 0 Å². The van der Waals surface area contributed by atoms with Gasteiger partial charge in [-0.3, -0.25) is 0 Å². The molecule has 0 heterocycles. The molecule has 19 heavy (non-hydrogen) atoms. The normalized spacial score (nSPS) is 10.3. The third-order valence-electron chi connectivity index (χ3n) is 2.99. The van der Waals surface area contributed by atoms with Crippen LogP contribution >= 0.6 is 0 Å². The molecule has 3 nitrogen and oxygen atoms in total. The zero-order valence-electron chi connectivity index (χ0n) is 11.2. The largest absolute Gasteiger partial charge is 0.478 e. The summed E-state index contributed by atoms with van der Waals surface area (Å²) in [7, 11) is 0. The molecule has 0 saturated heterocycles. The van der Waals surface area contributed by atoms with Crippen molar-refractivity contribution < 1.29 is 14.6 Å². The number of benzene rings is 2. The van der Waals surface area contributed by atoms with Crippen molar-refractivity contribution in [2.24, 2.45) is 0 Å². The topological polar surface area (TPSA) is 46.5 Å². The van der Waals surface area contributed by atoms with Crippen molar-refractivity contribution in [1.82, 2.24) is 0 Å². The summed E-state index contributed by atoms with van der Waals surface area (Å²) < 4.78 is 5.82. The van der Waals surface area contributed by atoms with Gasteiger partial charge in [0.05, 0.1) is 5.56 Å². The maximum absolute atomic E-state index is 11.0. The molecule has 0 spiro atoms. The number of hydrogen-bond donors (Lipinski definition) is 1. The van der Waals surface area contributed by atoms with E-state index in [-0.39, 0.29) is 5.56 Å². The molecular formula is C16H16O3. The van der Waals surface area contributed by atoms with Gasteiger partial charge in [-0.2, -0.15) is 0 Å². The van der Waals surface area contributed by atoms with Crippen molar-refractivity contribution in [2.75, 3.05) is 0 Å². The maximum Gasteiger partial charge on any atom is 0.335 e. The fourth-order valence-corrected chi connectivity index (χ4v) is 1.88. The number of aryl methyl sites for hydroxylation is 3. The average Bonchev–Trinajstić information content (AvgIpc) is 2.34. The second-order valence-electron chi connectivity index (χ2n) is 4.66. The molecular weight excluding hydrogens is 240 g/mol. The first-order valence-electron chi connectivity index (χ1n) is 6.06. The van der Waals surface area contributed by atoms with Crippen LogP contribution in [0.2, 0.25) is 0 Å². The smallest absolute Gasteiger partial charge is 0.335 e. The molecule has 0 radical (unpaired) electrons. The molecule has 2 rings (SSSR count). The van der Waals surface area contributed by atoms with Gasteiger partial charge >= 0.3 is 5.97 Å². The van der Waals surface area contributed by atoms with Crippen molar-refractivity contribution in [3.05, 3.63) is 58.7 Å². The Hall–Kier alpha value is -2.29. The minimum absolute atomic E-state index is 0.227. The maximum atomic E-state index is 11.0. The Morgan fingerprint density at radius 2 is 1.68 bits per heavy atom. The van der Waals surface area contributed by atoms with E-state index in [1.54, 1.807) is 18.2 Å². The van der Waals surface area contributed by atoms with E-state index in [4.69, 9.17) is 9.84 Å². The Morgan fingerprint density at radius 1 is 0.947 bits per heavy atom. The fourth-order valence-electron chi connectivity index (χ4n) is 1.88. The zero-order chi connectivity index (χ0) is 14.0. The number of carbonyl (C=O) groups is 1. The van der Waals surface area contributed by atoms with Gasteiger partial charge in [-0.15, -0.1) is 0 Å². The van der Waals surface area contributed by atoms with E-state index in [2.05, 4.69) is 0 Å². The number of rotatable bonds is 3. The van der Waals surface area contributed by atoms with Crippen molar-refractivity contribution in [3.8, 4) is 11.5 Å². The van der Waals surface area contributed by atoms with Gasteiger partial charge in [0.1, 0.15) is 11.5 Å². The van der Waals surface area contributed by atoms with Crippen LogP contribution in [0.3, 0.4) is 0 Å². The molecule has 3 heteroatoms. The van der Waals surface area contributed by atoms with Crippen LogP contribution in [0.15, 0.2) is 36.4 Å². The summed E-state index contributed by atoms with van der Waals surface area (Å²) in [4.78, 5) is 11.0. The van der Waals surface area contributed by atoms with Gasteiger partial charge in [0.25, 0.3) is 0 Å². The Bertz CT molecular complexity index is 630. The first-order valence-corrected chi connectivity index (χ1v) is 6.06. The monoisotopic (exact) mass is 256 g/mol. The van der Waals surface area contributed by atoms with Crippen molar-refractivity contribution in [1.29, 1.82) is 0 Å². The standard InChI is InChI=1S/C16H16O3/c1-10-4-7-14(12(3)8-10)19-15-9-13(16(17)18)6-5-11(15)2/h4-9H,1-3H3,(H,17,18). The number of carboxylic acids is 1. The molecule has 0 aliphatic heterocycles. The van der Waals surface area contributed by atoms with Crippen LogP contribution in [0.4, 0.5) is 0 Å². The van der Waals surface area contributed by atoms with E-state index in [1.807, 2.05) is 39.0 Å². The number of ether oxygens (including phenoxy) is 1. The Balaban J connectivity index is 2.37. The van der Waals surface area contributed by atoms with Crippen LogP contribution in [0.25, 0.3) is 0 Å². The first kappa shape index (κ1) is 13.1. The van der Waals surface area contributed by atoms with E-state index in [9.17, 15) is 4.79 Å². The van der Waals surface area contributed by atoms with Crippen LogP contribution in [0.5, 0.6) is 11.5 Å². The van der Waals surface area contributed by atoms with Gasteiger partial charge < -0.3 is 9.84 Å². The van der Waals surface area contributed by atoms with Crippen LogP contribution in [-0.2, 0) is 0 Å². The lowest BCUT2D eigenvalue weighted by Crippen LogP contribution is -1.98. The van der Waals surface area contributed by atoms with Crippen LogP contribution in [-0.4, -0.2) is 11.1 Å². The van der Waals surface area contributed by atoms with Gasteiger partial charge in [-0.25, -0.2) is 4.79 Å². The summed E-state index contributed by atoms with van der Waals surface area (Å²) in [6.07, 6.45) is 0. The molecule has 0 aliphatic carbocycles. The quantitative estimate of drug-likeness (QED) is 0.899. The van der Waals surface area contributed by atoms with Crippen molar-refractivity contribution >= 4 is 5.97 Å². The Morgan fingerprint density at radius 3 is 2.32 bits per heavy atom. The minimum Gasteiger partial charge on any atom is -0.478 e. The lowest BCUT2D eigenvalue weighted by Gasteiger charge is -2.12. The van der Waals surface area contributed by atoms with E-state index in [0.717, 1.165) is 16.9 Å². The molecule has 0 amide bonds. The summed E-state index contributed by atoms with van der Waals surface area (Å²) in [5.74, 6) is 0.369. The third-order valence-corrected chi connectivity index (χ3v) is 2.99. The number of aromatic carboxylic acids is 1. The van der Waals surface area contributed by atoms with Crippen LogP contribution in [0.1, 0.15) is 27.0 Å². The van der Waals surface area contributed by atoms with Gasteiger partial charge in [0.15, 0.2) is 0 Å². The molecule has 2 aromatic carbocycles. The number of hydrogen-bond acceptors (Lipinski definition) is 2. The Labute approximate surface area is 112 Å². The van der Waals surface area contributed by atoms with E-state index >= 15 is 0 Å². The Kier molecular flexibility index (Phi) is 3.56. The zero-order valence-corrected chi connectivity index (χ0v) is 11.2. The summed E-state index contributed by atoms with van der Waals surface area (Å²) in [6, 6.07) is 10.8. The first-order chi connectivity index (χ1) is 8.97. The molecule has 0 fully saturated rings. The summed E-state index contributed by atoms with van der Waals surface area (Å²) >= 11 is 0. The SMILES string of the molecule is Cc1ccc(Oc2cc(C(=O)O)ccc2C)c(C)c1. The van der Waals surface area contributed by atoms with E-state index in [0.29, 0.717) is 5.75 Å². The number of carboxylic acid groups (broad SMARTS) is 1. The van der Waals surface area contributed by atoms with Crippen molar-refractivity contribution in [2.45, 2.75) is 20.8 Å². The lowest BCUT2D eigenvalue weighted by atomic mass is 10.1. The molecule has 0 unspecified atom stereocenters. The molecule has 0 aliphatic rings. The van der Waals surface area contributed by atoms with Gasteiger partial charge in [-0.1, -0.05) is 23.8 Å². The minimum atomic E-state index is -0.953. The van der Waals surface area contributed by atoms with Gasteiger partial charge in [0, 0.05) is 0 Å². The molecule has 2 aromatic rings. The average molecular weight is 256 g/mol. The van der Waals surface area contributed by atoms with Gasteiger partial charge in [-0.05, 0) is 50.1 Å². The van der Waals surface area contributed by atoms with Crippen LogP contribution < -0.4 is 4.74 Å². The lowest BCUT2D eigenvalue weighted by molar-refractivity contribution is 0.0696. The summed E-state index contributed by atoms with van der Waals surface area (Å²) in [6.45, 7) is 5.89. The summed E-state index contributed by atoms with van der Waals surface area (Å²) in [5, 5.41) is 9.00. The molecule has 0 saturated carbocycles.